The van der Waals surface area contributed by atoms with E-state index in [0.29, 0.717) is 12.1 Å². The van der Waals surface area contributed by atoms with Crippen LogP contribution in [0.3, 0.4) is 0 Å². The van der Waals surface area contributed by atoms with Gasteiger partial charge in [-0.2, -0.15) is 0 Å². The minimum Gasteiger partial charge on any atom is -0.399 e. The van der Waals surface area contributed by atoms with E-state index in [0.717, 1.165) is 18.6 Å². The molecule has 2 fully saturated rings. The van der Waals surface area contributed by atoms with E-state index in [2.05, 4.69) is 76.0 Å². The number of hydrogen-bond acceptors (Lipinski definition) is 4. The van der Waals surface area contributed by atoms with Crippen LogP contribution >= 0.6 is 0 Å². The second-order valence-corrected chi connectivity index (χ2v) is 8.05. The van der Waals surface area contributed by atoms with Crippen LogP contribution in [-0.2, 0) is 9.31 Å². The van der Waals surface area contributed by atoms with Crippen molar-refractivity contribution in [2.24, 2.45) is 0 Å². The Labute approximate surface area is 140 Å². The highest BCUT2D eigenvalue weighted by molar-refractivity contribution is 6.62. The monoisotopic (exact) mass is 316 g/mol. The molecular weight excluding hydrogens is 287 g/mol. The van der Waals surface area contributed by atoms with Gasteiger partial charge in [0.25, 0.3) is 0 Å². The van der Waals surface area contributed by atoms with Crippen LogP contribution in [0.5, 0.6) is 0 Å². The zero-order chi connectivity index (χ0) is 16.8. The summed E-state index contributed by atoms with van der Waals surface area (Å²) < 4.78 is 12.2. The lowest BCUT2D eigenvalue weighted by molar-refractivity contribution is 0.00578. The minimum absolute atomic E-state index is 0.282. The summed E-state index contributed by atoms with van der Waals surface area (Å²) >= 11 is 0. The van der Waals surface area contributed by atoms with Crippen LogP contribution in [0.4, 0.5) is 5.69 Å². The fourth-order valence-corrected chi connectivity index (χ4v) is 3.36. The number of hydrogen-bond donors (Lipinski definition) is 1. The van der Waals surface area contributed by atoms with Crippen LogP contribution in [0.25, 0.3) is 0 Å². The molecule has 0 unspecified atom stereocenters. The van der Waals surface area contributed by atoms with Gasteiger partial charge >= 0.3 is 7.12 Å². The number of rotatable bonds is 2. The molecular formula is C18H29BN2O2. The van der Waals surface area contributed by atoms with E-state index in [1.807, 2.05) is 0 Å². The van der Waals surface area contributed by atoms with E-state index in [9.17, 15) is 0 Å². The third-order valence-electron chi connectivity index (χ3n) is 5.34. The highest BCUT2D eigenvalue weighted by Gasteiger charge is 2.51. The lowest BCUT2D eigenvalue weighted by Gasteiger charge is -2.37. The molecule has 0 aromatic heterocycles. The van der Waals surface area contributed by atoms with Crippen LogP contribution in [0.2, 0.25) is 0 Å². The standard InChI is InChI=1S/C18H29BN2O2/c1-13-11-21(12-14(2)20-13)16-9-7-15(8-10-16)19-22-17(3,4)18(5,6)23-19/h7-10,13-14,20H,11-12H2,1-6H3/t13-,14+. The first-order valence-electron chi connectivity index (χ1n) is 8.64. The van der Waals surface area contributed by atoms with Gasteiger partial charge in [0.2, 0.25) is 0 Å². The Bertz CT molecular complexity index is 533. The van der Waals surface area contributed by atoms with Crippen LogP contribution in [0, 0.1) is 0 Å². The summed E-state index contributed by atoms with van der Waals surface area (Å²) in [5.74, 6) is 0. The number of benzene rings is 1. The SMILES string of the molecule is C[C@@H]1CN(c2ccc(B3OC(C)(C)C(C)(C)O3)cc2)C[C@H](C)N1. The molecule has 23 heavy (non-hydrogen) atoms. The molecule has 0 amide bonds. The summed E-state index contributed by atoms with van der Waals surface area (Å²) in [5.41, 5.74) is 1.77. The summed E-state index contributed by atoms with van der Waals surface area (Å²) in [5, 5.41) is 3.57. The molecule has 2 saturated heterocycles. The molecule has 2 aliphatic heterocycles. The smallest absolute Gasteiger partial charge is 0.399 e. The summed E-state index contributed by atoms with van der Waals surface area (Å²) in [4.78, 5) is 2.44. The molecule has 0 saturated carbocycles. The van der Waals surface area contributed by atoms with Crippen LogP contribution in [0.15, 0.2) is 24.3 Å². The molecule has 1 N–H and O–H groups in total. The first-order valence-corrected chi connectivity index (χ1v) is 8.64. The molecule has 2 atom stereocenters. The molecule has 5 heteroatoms. The average molecular weight is 316 g/mol. The van der Waals surface area contributed by atoms with Gasteiger partial charge < -0.3 is 19.5 Å². The van der Waals surface area contributed by atoms with Gasteiger partial charge in [0.1, 0.15) is 0 Å². The topological polar surface area (TPSA) is 33.7 Å². The second-order valence-electron chi connectivity index (χ2n) is 8.05. The molecule has 0 spiro atoms. The Morgan fingerprint density at radius 1 is 0.957 bits per heavy atom. The summed E-state index contributed by atoms with van der Waals surface area (Å²) in [6.45, 7) is 14.9. The quantitative estimate of drug-likeness (QED) is 0.848. The molecule has 1 aromatic carbocycles. The maximum atomic E-state index is 6.12. The maximum Gasteiger partial charge on any atom is 0.494 e. The molecule has 2 heterocycles. The number of anilines is 1. The van der Waals surface area contributed by atoms with Gasteiger partial charge in [-0.25, -0.2) is 0 Å². The molecule has 1 aromatic rings. The summed E-state index contributed by atoms with van der Waals surface area (Å²) in [7, 11) is -0.282. The van der Waals surface area contributed by atoms with Crippen molar-refractivity contribution in [1.29, 1.82) is 0 Å². The van der Waals surface area contributed by atoms with Crippen molar-refractivity contribution in [2.45, 2.75) is 64.8 Å². The van der Waals surface area contributed by atoms with Gasteiger partial charge in [-0.3, -0.25) is 0 Å². The highest BCUT2D eigenvalue weighted by atomic mass is 16.7. The van der Waals surface area contributed by atoms with Gasteiger partial charge in [-0.05, 0) is 59.1 Å². The zero-order valence-electron chi connectivity index (χ0n) is 15.2. The van der Waals surface area contributed by atoms with Gasteiger partial charge in [0.15, 0.2) is 0 Å². The van der Waals surface area contributed by atoms with Gasteiger partial charge in [0, 0.05) is 30.9 Å². The van der Waals surface area contributed by atoms with Crippen molar-refractivity contribution in [3.63, 3.8) is 0 Å². The first kappa shape index (κ1) is 16.8. The molecule has 0 aliphatic carbocycles. The van der Waals surface area contributed by atoms with Gasteiger partial charge in [-0.15, -0.1) is 0 Å². The van der Waals surface area contributed by atoms with Crippen molar-refractivity contribution in [3.05, 3.63) is 24.3 Å². The molecule has 126 valence electrons. The van der Waals surface area contributed by atoms with Crippen molar-refractivity contribution >= 4 is 18.3 Å². The van der Waals surface area contributed by atoms with Crippen molar-refractivity contribution < 1.29 is 9.31 Å². The lowest BCUT2D eigenvalue weighted by Crippen LogP contribution is -2.54. The third-order valence-corrected chi connectivity index (χ3v) is 5.34. The van der Waals surface area contributed by atoms with Crippen molar-refractivity contribution in [1.82, 2.24) is 5.32 Å². The average Bonchev–Trinajstić information content (AvgIpc) is 2.66. The third kappa shape index (κ3) is 3.28. The fourth-order valence-electron chi connectivity index (χ4n) is 3.36. The normalized spacial score (nSPS) is 29.8. The first-order chi connectivity index (χ1) is 10.7. The Balaban J connectivity index is 1.73. The number of nitrogens with zero attached hydrogens (tertiary/aromatic N) is 1. The van der Waals surface area contributed by atoms with E-state index in [1.54, 1.807) is 0 Å². The van der Waals surface area contributed by atoms with Crippen LogP contribution in [0.1, 0.15) is 41.5 Å². The Hall–Kier alpha value is -1.04. The number of piperazine rings is 1. The minimum atomic E-state index is -0.292. The zero-order valence-corrected chi connectivity index (χ0v) is 15.2. The van der Waals surface area contributed by atoms with Crippen molar-refractivity contribution in [3.8, 4) is 0 Å². The largest absolute Gasteiger partial charge is 0.494 e. The Morgan fingerprint density at radius 3 is 1.91 bits per heavy atom. The molecule has 0 radical (unpaired) electrons. The van der Waals surface area contributed by atoms with E-state index < -0.39 is 0 Å². The van der Waals surface area contributed by atoms with E-state index in [1.165, 1.54) is 5.69 Å². The summed E-state index contributed by atoms with van der Waals surface area (Å²) in [6.07, 6.45) is 0. The maximum absolute atomic E-state index is 6.12. The predicted molar refractivity (Wildman–Crippen MR) is 96.4 cm³/mol. The Kier molecular flexibility index (Phi) is 4.24. The molecule has 3 rings (SSSR count). The summed E-state index contributed by atoms with van der Waals surface area (Å²) in [6, 6.07) is 9.67. The number of nitrogens with one attached hydrogen (secondary N) is 1. The van der Waals surface area contributed by atoms with Crippen molar-refractivity contribution in [2.75, 3.05) is 18.0 Å². The Morgan fingerprint density at radius 2 is 1.43 bits per heavy atom. The second kappa shape index (κ2) is 5.80. The van der Waals surface area contributed by atoms with E-state index in [4.69, 9.17) is 9.31 Å². The molecule has 2 aliphatic rings. The van der Waals surface area contributed by atoms with Gasteiger partial charge in [0.05, 0.1) is 11.2 Å². The molecule has 4 nitrogen and oxygen atoms in total. The van der Waals surface area contributed by atoms with Crippen LogP contribution in [-0.4, -0.2) is 43.5 Å². The lowest BCUT2D eigenvalue weighted by atomic mass is 9.79. The fraction of sp³-hybridized carbons (Fsp3) is 0.667. The van der Waals surface area contributed by atoms with Gasteiger partial charge in [-0.1, -0.05) is 12.1 Å². The van der Waals surface area contributed by atoms with E-state index in [-0.39, 0.29) is 18.3 Å². The van der Waals surface area contributed by atoms with E-state index >= 15 is 0 Å². The molecule has 0 bridgehead atoms. The van der Waals surface area contributed by atoms with Crippen LogP contribution < -0.4 is 15.7 Å². The highest BCUT2D eigenvalue weighted by Crippen LogP contribution is 2.36. The predicted octanol–water partition coefficient (Wildman–Crippen LogP) is 2.17.